The molecule has 4 rings (SSSR count). The van der Waals surface area contributed by atoms with E-state index in [0.29, 0.717) is 18.6 Å². The molecule has 1 saturated heterocycles. The van der Waals surface area contributed by atoms with Crippen molar-refractivity contribution in [2.24, 2.45) is 11.8 Å². The molecule has 1 aliphatic heterocycles. The Morgan fingerprint density at radius 2 is 1.61 bits per heavy atom. The minimum absolute atomic E-state index is 0.000224. The number of imide groups is 1. The van der Waals surface area contributed by atoms with Gasteiger partial charge in [-0.2, -0.15) is 5.01 Å². The van der Waals surface area contributed by atoms with Crippen LogP contribution >= 0.6 is 0 Å². The third kappa shape index (κ3) is 4.37. The SMILES string of the molecule is COc1ccc(C(=O)[C@H](C)N(C(=O)c2ccc([N+](=O)[O-])cc2)N2C(=O)[C@H]3CC(C)=CC[C@H]3C2=O)cc1. The number of carbonyl (C=O) groups excluding carboxylic acids is 4. The lowest BCUT2D eigenvalue weighted by molar-refractivity contribution is -0.384. The minimum atomic E-state index is -1.22. The molecule has 1 fully saturated rings. The molecular formula is C26H25N3O7. The average molecular weight is 492 g/mol. The third-order valence-electron chi connectivity index (χ3n) is 6.67. The second-order valence-electron chi connectivity index (χ2n) is 8.91. The molecule has 0 unspecified atom stereocenters. The van der Waals surface area contributed by atoms with Gasteiger partial charge in [0.25, 0.3) is 23.4 Å². The summed E-state index contributed by atoms with van der Waals surface area (Å²) in [5.41, 5.74) is 1.02. The van der Waals surface area contributed by atoms with Crippen LogP contribution in [0.3, 0.4) is 0 Å². The van der Waals surface area contributed by atoms with E-state index in [4.69, 9.17) is 4.74 Å². The van der Waals surface area contributed by atoms with Crippen molar-refractivity contribution in [3.05, 3.63) is 81.4 Å². The van der Waals surface area contributed by atoms with E-state index < -0.39 is 46.3 Å². The number of ketones is 1. The summed E-state index contributed by atoms with van der Waals surface area (Å²) in [6, 6.07) is 9.83. The number of hydrogen-bond acceptors (Lipinski definition) is 7. The highest BCUT2D eigenvalue weighted by atomic mass is 16.6. The molecule has 0 saturated carbocycles. The highest BCUT2D eigenvalue weighted by Gasteiger charge is 2.53. The van der Waals surface area contributed by atoms with Gasteiger partial charge in [-0.1, -0.05) is 11.6 Å². The summed E-state index contributed by atoms with van der Waals surface area (Å²) in [6.45, 7) is 3.33. The molecule has 2 aliphatic rings. The van der Waals surface area contributed by atoms with Gasteiger partial charge < -0.3 is 4.74 Å². The van der Waals surface area contributed by atoms with E-state index in [9.17, 15) is 29.3 Å². The molecule has 10 nitrogen and oxygen atoms in total. The number of benzene rings is 2. The van der Waals surface area contributed by atoms with Crippen molar-refractivity contribution in [2.75, 3.05) is 7.11 Å². The molecule has 0 bridgehead atoms. The third-order valence-corrected chi connectivity index (χ3v) is 6.67. The van der Waals surface area contributed by atoms with Gasteiger partial charge >= 0.3 is 0 Å². The number of non-ortho nitro benzene ring substituents is 1. The van der Waals surface area contributed by atoms with Crippen molar-refractivity contribution in [3.8, 4) is 5.75 Å². The molecule has 36 heavy (non-hydrogen) atoms. The fourth-order valence-electron chi connectivity index (χ4n) is 4.64. The lowest BCUT2D eigenvalue weighted by Gasteiger charge is -2.34. The molecule has 10 heteroatoms. The van der Waals surface area contributed by atoms with Crippen LogP contribution in [0.25, 0.3) is 0 Å². The molecule has 2 aromatic carbocycles. The number of amides is 3. The summed E-state index contributed by atoms with van der Waals surface area (Å²) in [5.74, 6) is -3.05. The van der Waals surface area contributed by atoms with Crippen LogP contribution in [0.4, 0.5) is 5.69 Å². The number of hydrazine groups is 1. The Hall–Kier alpha value is -4.34. The number of fused-ring (bicyclic) bond motifs is 1. The second kappa shape index (κ2) is 9.73. The summed E-state index contributed by atoms with van der Waals surface area (Å²) >= 11 is 0. The highest BCUT2D eigenvalue weighted by molar-refractivity contribution is 6.10. The van der Waals surface area contributed by atoms with Crippen LogP contribution < -0.4 is 4.74 Å². The first-order valence-corrected chi connectivity index (χ1v) is 11.4. The number of Topliss-reactive ketones (excluding diaryl/α,β-unsaturated/α-hetero) is 1. The van der Waals surface area contributed by atoms with E-state index >= 15 is 0 Å². The Bertz CT molecular complexity index is 1270. The molecule has 0 radical (unpaired) electrons. The van der Waals surface area contributed by atoms with Gasteiger partial charge in [-0.3, -0.25) is 29.3 Å². The smallest absolute Gasteiger partial charge is 0.273 e. The molecule has 3 atom stereocenters. The van der Waals surface area contributed by atoms with E-state index in [1.165, 1.54) is 38.3 Å². The average Bonchev–Trinajstić information content (AvgIpc) is 3.12. The van der Waals surface area contributed by atoms with Gasteiger partial charge in [0.05, 0.1) is 23.9 Å². The maximum absolute atomic E-state index is 13.7. The van der Waals surface area contributed by atoms with Gasteiger partial charge in [0.2, 0.25) is 0 Å². The number of hydrogen-bond donors (Lipinski definition) is 0. The van der Waals surface area contributed by atoms with Crippen LogP contribution in [0.15, 0.2) is 60.2 Å². The Labute approximate surface area is 207 Å². The topological polar surface area (TPSA) is 127 Å². The Kier molecular flexibility index (Phi) is 6.69. The zero-order valence-electron chi connectivity index (χ0n) is 20.0. The summed E-state index contributed by atoms with van der Waals surface area (Å²) < 4.78 is 5.13. The van der Waals surface area contributed by atoms with E-state index in [-0.39, 0.29) is 16.8 Å². The van der Waals surface area contributed by atoms with Crippen molar-refractivity contribution >= 4 is 29.2 Å². The number of rotatable bonds is 7. The normalized spacial score (nSPS) is 19.9. The standard InChI is InChI=1S/C26H25N3O7/c1-15-4-13-21-22(14-15)26(33)28(25(21)32)27(24(31)18-5-9-19(10-6-18)29(34)35)16(2)23(30)17-7-11-20(36-3)12-8-17/h4-12,16,21-22H,13-14H2,1-3H3/t16-,21+,22-/m0/s1. The maximum Gasteiger partial charge on any atom is 0.273 e. The van der Waals surface area contributed by atoms with Crippen molar-refractivity contribution in [3.63, 3.8) is 0 Å². The maximum atomic E-state index is 13.7. The number of nitro groups is 1. The minimum Gasteiger partial charge on any atom is -0.497 e. The van der Waals surface area contributed by atoms with E-state index in [1.54, 1.807) is 12.1 Å². The molecule has 0 aromatic heterocycles. The number of allylic oxidation sites excluding steroid dienone is 2. The highest BCUT2D eigenvalue weighted by Crippen LogP contribution is 2.39. The van der Waals surface area contributed by atoms with E-state index in [1.807, 2.05) is 13.0 Å². The molecule has 2 aromatic rings. The lowest BCUT2D eigenvalue weighted by atomic mass is 9.82. The fourth-order valence-corrected chi connectivity index (χ4v) is 4.64. The van der Waals surface area contributed by atoms with Crippen LogP contribution in [0.5, 0.6) is 5.75 Å². The second-order valence-corrected chi connectivity index (χ2v) is 8.91. The summed E-state index contributed by atoms with van der Waals surface area (Å²) in [4.78, 5) is 64.3. The first kappa shape index (κ1) is 24.8. The van der Waals surface area contributed by atoms with Crippen LogP contribution in [0.1, 0.15) is 47.4 Å². The van der Waals surface area contributed by atoms with Crippen LogP contribution in [0, 0.1) is 22.0 Å². The summed E-state index contributed by atoms with van der Waals surface area (Å²) in [6.07, 6.45) is 2.67. The van der Waals surface area contributed by atoms with Crippen molar-refractivity contribution in [1.29, 1.82) is 0 Å². The van der Waals surface area contributed by atoms with Crippen molar-refractivity contribution in [1.82, 2.24) is 10.0 Å². The quantitative estimate of drug-likeness (QED) is 0.190. The van der Waals surface area contributed by atoms with Gasteiger partial charge in [0, 0.05) is 23.3 Å². The largest absolute Gasteiger partial charge is 0.497 e. The Morgan fingerprint density at radius 3 is 2.19 bits per heavy atom. The molecule has 3 amide bonds. The van der Waals surface area contributed by atoms with Gasteiger partial charge in [-0.15, -0.1) is 0 Å². The number of methoxy groups -OCH3 is 1. The zero-order chi connectivity index (χ0) is 26.1. The predicted octanol–water partition coefficient (Wildman–Crippen LogP) is 3.57. The van der Waals surface area contributed by atoms with Crippen LogP contribution in [0.2, 0.25) is 0 Å². The predicted molar refractivity (Wildman–Crippen MR) is 128 cm³/mol. The lowest BCUT2D eigenvalue weighted by Crippen LogP contribution is -2.56. The molecular weight excluding hydrogens is 466 g/mol. The van der Waals surface area contributed by atoms with E-state index in [0.717, 1.165) is 27.7 Å². The first-order chi connectivity index (χ1) is 17.1. The molecule has 1 aliphatic carbocycles. The van der Waals surface area contributed by atoms with E-state index in [2.05, 4.69) is 0 Å². The number of carbonyl (C=O) groups is 4. The Morgan fingerprint density at radius 1 is 1.03 bits per heavy atom. The van der Waals surface area contributed by atoms with Gasteiger partial charge in [-0.05, 0) is 63.1 Å². The molecule has 0 spiro atoms. The van der Waals surface area contributed by atoms with Crippen LogP contribution in [-0.2, 0) is 9.59 Å². The number of nitrogens with zero attached hydrogens (tertiary/aromatic N) is 3. The monoisotopic (exact) mass is 491 g/mol. The zero-order valence-corrected chi connectivity index (χ0v) is 20.0. The van der Waals surface area contributed by atoms with Gasteiger partial charge in [0.15, 0.2) is 5.78 Å². The number of nitro benzene ring substituents is 1. The summed E-state index contributed by atoms with van der Waals surface area (Å²) in [5, 5.41) is 12.7. The van der Waals surface area contributed by atoms with Crippen molar-refractivity contribution in [2.45, 2.75) is 32.7 Å². The molecule has 0 N–H and O–H groups in total. The van der Waals surface area contributed by atoms with Gasteiger partial charge in [-0.25, -0.2) is 5.01 Å². The fraction of sp³-hybridized carbons (Fsp3) is 0.308. The van der Waals surface area contributed by atoms with Crippen molar-refractivity contribution < 1.29 is 28.8 Å². The number of ether oxygens (including phenoxy) is 1. The molecule has 1 heterocycles. The van der Waals surface area contributed by atoms with Gasteiger partial charge in [0.1, 0.15) is 11.8 Å². The summed E-state index contributed by atoms with van der Waals surface area (Å²) in [7, 11) is 1.49. The first-order valence-electron chi connectivity index (χ1n) is 11.4. The molecule has 186 valence electrons. The Balaban J connectivity index is 1.73. The van der Waals surface area contributed by atoms with Crippen LogP contribution in [-0.4, -0.2) is 51.6 Å².